The first kappa shape index (κ1) is 15.6. The van der Waals surface area contributed by atoms with Crippen molar-refractivity contribution in [1.82, 2.24) is 15.0 Å². The van der Waals surface area contributed by atoms with Gasteiger partial charge in [-0.15, -0.1) is 0 Å². The van der Waals surface area contributed by atoms with Gasteiger partial charge in [-0.1, -0.05) is 61.2 Å². The van der Waals surface area contributed by atoms with E-state index in [1.54, 1.807) is 0 Å². The van der Waals surface area contributed by atoms with Crippen LogP contribution in [0.3, 0.4) is 0 Å². The first-order chi connectivity index (χ1) is 11.8. The first-order valence-corrected chi connectivity index (χ1v) is 8.89. The zero-order valence-electron chi connectivity index (χ0n) is 13.5. The number of H-pyrrole nitrogens is 1. The van der Waals surface area contributed by atoms with E-state index in [0.29, 0.717) is 23.7 Å². The zero-order valence-corrected chi connectivity index (χ0v) is 14.2. The number of aromatic amines is 1. The van der Waals surface area contributed by atoms with Crippen LogP contribution >= 0.6 is 11.6 Å². The van der Waals surface area contributed by atoms with Crippen LogP contribution in [0.15, 0.2) is 36.4 Å². The lowest BCUT2D eigenvalue weighted by atomic mass is 9.98. The third-order valence-corrected chi connectivity index (χ3v) is 4.84. The van der Waals surface area contributed by atoms with Crippen molar-refractivity contribution in [1.29, 1.82) is 0 Å². The van der Waals surface area contributed by atoms with Gasteiger partial charge in [0.05, 0.1) is 18.1 Å². The van der Waals surface area contributed by atoms with Gasteiger partial charge in [0.25, 0.3) is 0 Å². The molecular weight excluding hydrogens is 322 g/mol. The highest BCUT2D eigenvalue weighted by atomic mass is 35.5. The Morgan fingerprint density at radius 2 is 1.88 bits per heavy atom. The average Bonchev–Trinajstić information content (AvgIpc) is 3.05. The molecular formula is C19H20ClN3O. The standard InChI is InChI=1S/C19H20ClN3O/c20-17-16-11-14(12-24-15-9-5-2-6-10-15)21-19(16)23-18(22-17)13-7-3-1-4-8-13/h1,3-4,7-8,11,15H,2,5-6,9-10,12H2,(H,21,22,23). The third-order valence-electron chi connectivity index (χ3n) is 4.56. The molecule has 0 unspecified atom stereocenters. The lowest BCUT2D eigenvalue weighted by molar-refractivity contribution is 0.0155. The summed E-state index contributed by atoms with van der Waals surface area (Å²) in [6.45, 7) is 0.567. The van der Waals surface area contributed by atoms with Crippen LogP contribution in [0.2, 0.25) is 5.15 Å². The Balaban J connectivity index is 1.57. The van der Waals surface area contributed by atoms with E-state index in [-0.39, 0.29) is 0 Å². The minimum atomic E-state index is 0.381. The van der Waals surface area contributed by atoms with Gasteiger partial charge in [0.15, 0.2) is 5.82 Å². The molecule has 0 amide bonds. The predicted molar refractivity (Wildman–Crippen MR) is 96.0 cm³/mol. The molecule has 1 N–H and O–H groups in total. The normalized spacial score (nSPS) is 15.9. The Morgan fingerprint density at radius 1 is 1.08 bits per heavy atom. The molecule has 1 aliphatic rings. The van der Waals surface area contributed by atoms with Crippen molar-refractivity contribution in [2.45, 2.75) is 44.8 Å². The molecule has 4 rings (SSSR count). The Morgan fingerprint density at radius 3 is 2.67 bits per heavy atom. The van der Waals surface area contributed by atoms with Gasteiger partial charge in [-0.3, -0.25) is 0 Å². The van der Waals surface area contributed by atoms with Crippen LogP contribution in [0, 0.1) is 0 Å². The lowest BCUT2D eigenvalue weighted by Gasteiger charge is -2.21. The molecule has 1 fully saturated rings. The molecule has 4 nitrogen and oxygen atoms in total. The van der Waals surface area contributed by atoms with Gasteiger partial charge in [-0.05, 0) is 18.9 Å². The quantitative estimate of drug-likeness (QED) is 0.669. The van der Waals surface area contributed by atoms with Gasteiger partial charge < -0.3 is 9.72 Å². The van der Waals surface area contributed by atoms with Crippen LogP contribution in [0.5, 0.6) is 0 Å². The van der Waals surface area contributed by atoms with Crippen molar-refractivity contribution in [3.8, 4) is 11.4 Å². The largest absolute Gasteiger partial charge is 0.372 e. The number of hydrogen-bond donors (Lipinski definition) is 1. The van der Waals surface area contributed by atoms with E-state index in [4.69, 9.17) is 16.3 Å². The average molecular weight is 342 g/mol. The second-order valence-corrected chi connectivity index (χ2v) is 6.69. The summed E-state index contributed by atoms with van der Waals surface area (Å²) in [5.74, 6) is 0.634. The molecule has 5 heteroatoms. The fourth-order valence-corrected chi connectivity index (χ4v) is 3.49. The molecule has 2 aromatic heterocycles. The van der Waals surface area contributed by atoms with Crippen LogP contribution in [-0.2, 0) is 11.3 Å². The fraction of sp³-hybridized carbons (Fsp3) is 0.368. The number of ether oxygens (including phenoxy) is 1. The molecule has 0 saturated heterocycles. The maximum Gasteiger partial charge on any atom is 0.163 e. The van der Waals surface area contributed by atoms with E-state index in [2.05, 4.69) is 15.0 Å². The summed E-state index contributed by atoms with van der Waals surface area (Å²) in [6.07, 6.45) is 6.59. The van der Waals surface area contributed by atoms with Crippen molar-refractivity contribution in [2.24, 2.45) is 0 Å². The Hall–Kier alpha value is -1.91. The molecule has 124 valence electrons. The lowest BCUT2D eigenvalue weighted by Crippen LogP contribution is -2.16. The predicted octanol–water partition coefficient (Wildman–Crippen LogP) is 5.13. The van der Waals surface area contributed by atoms with Crippen LogP contribution in [-0.4, -0.2) is 21.1 Å². The first-order valence-electron chi connectivity index (χ1n) is 8.52. The van der Waals surface area contributed by atoms with E-state index in [1.807, 2.05) is 36.4 Å². The van der Waals surface area contributed by atoms with Crippen molar-refractivity contribution >= 4 is 22.6 Å². The minimum absolute atomic E-state index is 0.381. The second-order valence-electron chi connectivity index (χ2n) is 6.33. The molecule has 1 aliphatic carbocycles. The Bertz CT molecular complexity index is 825. The van der Waals surface area contributed by atoms with Crippen molar-refractivity contribution in [3.05, 3.63) is 47.2 Å². The maximum absolute atomic E-state index is 6.36. The van der Waals surface area contributed by atoms with Crippen molar-refractivity contribution in [2.75, 3.05) is 0 Å². The molecule has 0 bridgehead atoms. The number of hydrogen-bond acceptors (Lipinski definition) is 3. The smallest absolute Gasteiger partial charge is 0.163 e. The van der Waals surface area contributed by atoms with Gasteiger partial charge in [0.2, 0.25) is 0 Å². The third kappa shape index (κ3) is 3.30. The Kier molecular flexibility index (Phi) is 4.50. The molecule has 1 saturated carbocycles. The molecule has 2 heterocycles. The van der Waals surface area contributed by atoms with E-state index < -0.39 is 0 Å². The van der Waals surface area contributed by atoms with Crippen molar-refractivity contribution < 1.29 is 4.74 Å². The molecule has 24 heavy (non-hydrogen) atoms. The summed E-state index contributed by atoms with van der Waals surface area (Å²) in [5, 5.41) is 1.32. The topological polar surface area (TPSA) is 50.8 Å². The summed E-state index contributed by atoms with van der Waals surface area (Å²) in [6, 6.07) is 11.9. The maximum atomic E-state index is 6.36. The molecule has 0 atom stereocenters. The molecule has 1 aromatic carbocycles. The van der Waals surface area contributed by atoms with E-state index in [1.165, 1.54) is 32.1 Å². The van der Waals surface area contributed by atoms with Gasteiger partial charge in [0, 0.05) is 11.3 Å². The van der Waals surface area contributed by atoms with Crippen LogP contribution in [0.1, 0.15) is 37.8 Å². The number of aromatic nitrogens is 3. The molecule has 0 aliphatic heterocycles. The minimum Gasteiger partial charge on any atom is -0.372 e. The van der Waals surface area contributed by atoms with Gasteiger partial charge >= 0.3 is 0 Å². The van der Waals surface area contributed by atoms with Gasteiger partial charge in [-0.2, -0.15) is 0 Å². The highest BCUT2D eigenvalue weighted by Crippen LogP contribution is 2.26. The number of halogens is 1. The second kappa shape index (κ2) is 6.91. The van der Waals surface area contributed by atoms with Crippen LogP contribution < -0.4 is 0 Å². The zero-order chi connectivity index (χ0) is 16.4. The Labute approximate surface area is 146 Å². The van der Waals surface area contributed by atoms with Gasteiger partial charge in [0.1, 0.15) is 10.8 Å². The van der Waals surface area contributed by atoms with E-state index in [0.717, 1.165) is 22.3 Å². The van der Waals surface area contributed by atoms with E-state index >= 15 is 0 Å². The molecule has 0 spiro atoms. The number of nitrogens with one attached hydrogen (secondary N) is 1. The monoisotopic (exact) mass is 341 g/mol. The summed E-state index contributed by atoms with van der Waals surface area (Å²) in [4.78, 5) is 12.4. The summed E-state index contributed by atoms with van der Waals surface area (Å²) >= 11 is 6.36. The van der Waals surface area contributed by atoms with Crippen molar-refractivity contribution in [3.63, 3.8) is 0 Å². The number of fused-ring (bicyclic) bond motifs is 1. The summed E-state index contributed by atoms with van der Waals surface area (Å²) in [5.41, 5.74) is 2.71. The van der Waals surface area contributed by atoms with E-state index in [9.17, 15) is 0 Å². The number of benzene rings is 1. The molecule has 0 radical (unpaired) electrons. The summed E-state index contributed by atoms with van der Waals surface area (Å²) in [7, 11) is 0. The molecule has 3 aromatic rings. The number of rotatable bonds is 4. The van der Waals surface area contributed by atoms with Gasteiger partial charge in [-0.25, -0.2) is 9.97 Å². The highest BCUT2D eigenvalue weighted by Gasteiger charge is 2.15. The summed E-state index contributed by atoms with van der Waals surface area (Å²) < 4.78 is 6.03. The fourth-order valence-electron chi connectivity index (χ4n) is 3.26. The SMILES string of the molecule is Clc1nc(-c2ccccc2)nc2[nH]c(COC3CCCCC3)cc12. The highest BCUT2D eigenvalue weighted by molar-refractivity contribution is 6.34. The number of nitrogens with zero attached hydrogens (tertiary/aromatic N) is 2. The van der Waals surface area contributed by atoms with Crippen LogP contribution in [0.25, 0.3) is 22.4 Å². The van der Waals surface area contributed by atoms with Crippen LogP contribution in [0.4, 0.5) is 0 Å².